The van der Waals surface area contributed by atoms with Crippen LogP contribution in [0.5, 0.6) is 0 Å². The van der Waals surface area contributed by atoms with E-state index in [1.165, 1.54) is 10.8 Å². The molecule has 6 heteroatoms. The molecule has 0 radical (unpaired) electrons. The van der Waals surface area contributed by atoms with Crippen molar-refractivity contribution < 1.29 is 0 Å². The predicted molar refractivity (Wildman–Crippen MR) is 64.1 cm³/mol. The molecule has 0 aliphatic rings. The van der Waals surface area contributed by atoms with E-state index >= 15 is 0 Å². The summed E-state index contributed by atoms with van der Waals surface area (Å²) in [6, 6.07) is 3.54. The fourth-order valence-corrected chi connectivity index (χ4v) is 1.57. The number of aromatic nitrogens is 3. The van der Waals surface area contributed by atoms with Crippen molar-refractivity contribution in [1.29, 1.82) is 5.26 Å². The molecule has 18 heavy (non-hydrogen) atoms. The van der Waals surface area contributed by atoms with Gasteiger partial charge in [-0.15, -0.1) is 0 Å². The largest absolute Gasteiger partial charge is 0.328 e. The molecule has 0 spiro atoms. The number of nitrogens with zero attached hydrogens (tertiary/aromatic N) is 3. The minimum atomic E-state index is -0.662. The lowest BCUT2D eigenvalue weighted by Gasteiger charge is -2.07. The van der Waals surface area contributed by atoms with Crippen molar-refractivity contribution in [3.8, 4) is 6.07 Å². The van der Waals surface area contributed by atoms with Crippen LogP contribution in [-0.4, -0.2) is 14.5 Å². The second-order valence-corrected chi connectivity index (χ2v) is 3.84. The normalized spacial score (nSPS) is 10.0. The van der Waals surface area contributed by atoms with E-state index in [2.05, 4.69) is 9.97 Å². The molecular weight excluding hydrogens is 232 g/mol. The van der Waals surface area contributed by atoms with Gasteiger partial charge in [-0.3, -0.25) is 19.3 Å². The third-order valence-corrected chi connectivity index (χ3v) is 2.61. The molecule has 0 bridgehead atoms. The fourth-order valence-electron chi connectivity index (χ4n) is 1.57. The molecule has 0 aromatic carbocycles. The number of pyridine rings is 1. The highest BCUT2D eigenvalue weighted by atomic mass is 16.2. The van der Waals surface area contributed by atoms with Crippen molar-refractivity contribution in [3.05, 3.63) is 62.2 Å². The second kappa shape index (κ2) is 4.67. The zero-order chi connectivity index (χ0) is 13.1. The Morgan fingerprint density at radius 1 is 1.50 bits per heavy atom. The first kappa shape index (κ1) is 11.8. The zero-order valence-electron chi connectivity index (χ0n) is 9.67. The molecule has 0 aliphatic carbocycles. The Hall–Kier alpha value is -2.68. The Morgan fingerprint density at radius 3 is 2.94 bits per heavy atom. The van der Waals surface area contributed by atoms with Gasteiger partial charge in [-0.2, -0.15) is 5.26 Å². The van der Waals surface area contributed by atoms with E-state index in [4.69, 9.17) is 5.26 Å². The monoisotopic (exact) mass is 242 g/mol. The van der Waals surface area contributed by atoms with Crippen molar-refractivity contribution in [2.45, 2.75) is 13.5 Å². The van der Waals surface area contributed by atoms with Gasteiger partial charge in [0.25, 0.3) is 5.56 Å². The lowest BCUT2D eigenvalue weighted by Crippen LogP contribution is -2.31. The zero-order valence-corrected chi connectivity index (χ0v) is 9.67. The molecule has 2 aromatic heterocycles. The van der Waals surface area contributed by atoms with Crippen molar-refractivity contribution in [1.82, 2.24) is 14.5 Å². The van der Waals surface area contributed by atoms with Gasteiger partial charge in [0, 0.05) is 18.6 Å². The van der Waals surface area contributed by atoms with Gasteiger partial charge in [0.2, 0.25) is 0 Å². The van der Waals surface area contributed by atoms with Crippen molar-refractivity contribution in [2.24, 2.45) is 0 Å². The fraction of sp³-hybridized carbons (Fsp3) is 0.167. The van der Waals surface area contributed by atoms with Crippen LogP contribution in [0.15, 0.2) is 34.2 Å². The van der Waals surface area contributed by atoms with Crippen LogP contribution >= 0.6 is 0 Å². The molecule has 2 rings (SSSR count). The molecule has 0 amide bonds. The molecule has 6 nitrogen and oxygen atoms in total. The quantitative estimate of drug-likeness (QED) is 0.812. The van der Waals surface area contributed by atoms with E-state index in [9.17, 15) is 9.59 Å². The highest BCUT2D eigenvalue weighted by Crippen LogP contribution is 2.05. The summed E-state index contributed by atoms with van der Waals surface area (Å²) in [4.78, 5) is 28.9. The second-order valence-electron chi connectivity index (χ2n) is 3.84. The third kappa shape index (κ3) is 2.20. The highest BCUT2D eigenvalue weighted by Gasteiger charge is 2.05. The Bertz CT molecular complexity index is 737. The topological polar surface area (TPSA) is 91.5 Å². The maximum Gasteiger partial charge on any atom is 0.328 e. The van der Waals surface area contributed by atoms with E-state index in [0.717, 1.165) is 11.1 Å². The Morgan fingerprint density at radius 2 is 2.28 bits per heavy atom. The molecule has 0 aliphatic heterocycles. The minimum absolute atomic E-state index is 0.0821. The first-order chi connectivity index (χ1) is 8.61. The number of hydrogen-bond donors (Lipinski definition) is 1. The molecular formula is C12H10N4O2. The number of aryl methyl sites for hydroxylation is 1. The van der Waals surface area contributed by atoms with E-state index in [1.807, 2.05) is 6.92 Å². The average Bonchev–Trinajstić information content (AvgIpc) is 2.35. The lowest BCUT2D eigenvalue weighted by molar-refractivity contribution is 0.713. The van der Waals surface area contributed by atoms with E-state index < -0.39 is 11.2 Å². The summed E-state index contributed by atoms with van der Waals surface area (Å²) in [6.45, 7) is 2.17. The van der Waals surface area contributed by atoms with Crippen LogP contribution in [0.2, 0.25) is 0 Å². The SMILES string of the molecule is Cc1cnccc1Cn1cc(C#N)c(=O)[nH]c1=O. The molecule has 0 atom stereocenters. The van der Waals surface area contributed by atoms with Gasteiger partial charge in [0.15, 0.2) is 0 Å². The number of hydrogen-bond acceptors (Lipinski definition) is 4. The van der Waals surface area contributed by atoms with Crippen molar-refractivity contribution >= 4 is 0 Å². The predicted octanol–water partition coefficient (Wildman–Crippen LogP) is 0.160. The van der Waals surface area contributed by atoms with Crippen LogP contribution < -0.4 is 11.2 Å². The summed E-state index contributed by atoms with van der Waals surface area (Å²) in [7, 11) is 0. The van der Waals surface area contributed by atoms with E-state index in [-0.39, 0.29) is 5.56 Å². The standard InChI is InChI=1S/C12H10N4O2/c1-8-5-14-3-2-9(8)6-16-7-10(4-13)11(17)15-12(16)18/h2-3,5,7H,6H2,1H3,(H,15,17,18). The maximum absolute atomic E-state index is 11.6. The van der Waals surface area contributed by atoms with Crippen molar-refractivity contribution in [2.75, 3.05) is 0 Å². The van der Waals surface area contributed by atoms with E-state index in [1.54, 1.807) is 24.5 Å². The van der Waals surface area contributed by atoms with Gasteiger partial charge in [-0.25, -0.2) is 4.79 Å². The number of aromatic amines is 1. The van der Waals surface area contributed by atoms with Gasteiger partial charge in [0.05, 0.1) is 6.54 Å². The summed E-state index contributed by atoms with van der Waals surface area (Å²) in [5, 5.41) is 8.76. The van der Waals surface area contributed by atoms with Gasteiger partial charge in [-0.1, -0.05) is 0 Å². The van der Waals surface area contributed by atoms with Gasteiger partial charge in [0.1, 0.15) is 11.6 Å². The number of H-pyrrole nitrogens is 1. The first-order valence-corrected chi connectivity index (χ1v) is 5.25. The number of rotatable bonds is 2. The van der Waals surface area contributed by atoms with Crippen LogP contribution in [0.1, 0.15) is 16.7 Å². The molecule has 2 heterocycles. The Labute approximate surface area is 102 Å². The third-order valence-electron chi connectivity index (χ3n) is 2.61. The number of nitrogens with one attached hydrogen (secondary N) is 1. The van der Waals surface area contributed by atoms with Crippen LogP contribution in [-0.2, 0) is 6.54 Å². The summed E-state index contributed by atoms with van der Waals surface area (Å²) in [6.07, 6.45) is 4.59. The summed E-state index contributed by atoms with van der Waals surface area (Å²) in [5.41, 5.74) is 0.568. The molecule has 90 valence electrons. The molecule has 0 fully saturated rings. The van der Waals surface area contributed by atoms with E-state index in [0.29, 0.717) is 6.54 Å². The first-order valence-electron chi connectivity index (χ1n) is 5.25. The molecule has 2 aromatic rings. The summed E-state index contributed by atoms with van der Waals surface area (Å²) in [5.74, 6) is 0. The smallest absolute Gasteiger partial charge is 0.295 e. The lowest BCUT2D eigenvalue weighted by atomic mass is 10.1. The van der Waals surface area contributed by atoms with Gasteiger partial charge in [-0.05, 0) is 24.1 Å². The van der Waals surface area contributed by atoms with Gasteiger partial charge >= 0.3 is 5.69 Å². The van der Waals surface area contributed by atoms with Crippen molar-refractivity contribution in [3.63, 3.8) is 0 Å². The van der Waals surface area contributed by atoms with Crippen LogP contribution in [0.25, 0.3) is 0 Å². The highest BCUT2D eigenvalue weighted by molar-refractivity contribution is 5.24. The molecule has 0 saturated carbocycles. The average molecular weight is 242 g/mol. The van der Waals surface area contributed by atoms with Crippen LogP contribution in [0.3, 0.4) is 0 Å². The Balaban J connectivity index is 2.48. The maximum atomic E-state index is 11.6. The molecule has 0 unspecified atom stereocenters. The minimum Gasteiger partial charge on any atom is -0.295 e. The number of nitriles is 1. The Kier molecular flexibility index (Phi) is 3.06. The van der Waals surface area contributed by atoms with Crippen LogP contribution in [0.4, 0.5) is 0 Å². The molecule has 1 N–H and O–H groups in total. The van der Waals surface area contributed by atoms with Gasteiger partial charge < -0.3 is 0 Å². The van der Waals surface area contributed by atoms with Crippen LogP contribution in [0, 0.1) is 18.3 Å². The summed E-state index contributed by atoms with van der Waals surface area (Å²) < 4.78 is 1.29. The summed E-state index contributed by atoms with van der Waals surface area (Å²) >= 11 is 0. The molecule has 0 saturated heterocycles.